The Bertz CT molecular complexity index is 2820. The van der Waals surface area contributed by atoms with Gasteiger partial charge < -0.3 is 53.6 Å². The summed E-state index contributed by atoms with van der Waals surface area (Å²) in [5, 5.41) is 17.7. The molecule has 3 N–H and O–H groups in total. The molecule has 2 fully saturated rings. The minimum absolute atomic E-state index is 0.0163. The number of unbranched alkanes of at least 4 members (excludes halogenated alkanes) is 22. The van der Waals surface area contributed by atoms with Gasteiger partial charge in [-0.05, 0) is 129 Å². The average molecular weight is 1410 g/mol. The third-order valence-corrected chi connectivity index (χ3v) is 18.0. The molecule has 2 aliphatic heterocycles. The molecular formula is C80H119N2O17P. The van der Waals surface area contributed by atoms with Gasteiger partial charge in [-0.15, -0.1) is 19.6 Å². The number of esters is 1. The van der Waals surface area contributed by atoms with Crippen molar-refractivity contribution in [1.29, 1.82) is 0 Å². The number of carbonyl (C=O) groups excluding carboxylic acids is 4. The Morgan fingerprint density at radius 3 is 1.70 bits per heavy atom. The lowest BCUT2D eigenvalue weighted by atomic mass is 9.93. The number of terminal acetylenes is 1. The van der Waals surface area contributed by atoms with Crippen molar-refractivity contribution in [3.05, 3.63) is 37.5 Å². The molecule has 0 saturated carbocycles. The highest BCUT2D eigenvalue weighted by molar-refractivity contribution is 7.48. The molecule has 0 aliphatic carbocycles. The fourth-order valence-electron chi connectivity index (χ4n) is 11.4. The van der Waals surface area contributed by atoms with Crippen molar-refractivity contribution in [1.82, 2.24) is 10.6 Å². The molecule has 11 atom stereocenters. The molecule has 20 heteroatoms. The summed E-state index contributed by atoms with van der Waals surface area (Å²) in [4.78, 5) is 53.9. The molecule has 0 aromatic heterocycles. The van der Waals surface area contributed by atoms with E-state index in [-0.39, 0.29) is 77.3 Å². The highest BCUT2D eigenvalue weighted by atomic mass is 31.2. The number of hydrogen-bond donors (Lipinski definition) is 3. The van der Waals surface area contributed by atoms with Gasteiger partial charge in [0.1, 0.15) is 42.6 Å². The summed E-state index contributed by atoms with van der Waals surface area (Å²) in [7, 11) is -1.27. The van der Waals surface area contributed by atoms with Gasteiger partial charge in [0.2, 0.25) is 17.6 Å². The number of ether oxygens (including phenoxy) is 8. The van der Waals surface area contributed by atoms with E-state index >= 15 is 0 Å². The number of carbonyl (C=O) groups is 4. The van der Waals surface area contributed by atoms with Crippen LogP contribution in [0, 0.1) is 83.4 Å². The van der Waals surface area contributed by atoms with Crippen LogP contribution >= 0.6 is 7.82 Å². The molecule has 0 spiro atoms. The van der Waals surface area contributed by atoms with Crippen molar-refractivity contribution < 1.29 is 80.3 Å². The summed E-state index contributed by atoms with van der Waals surface area (Å²) in [6, 6.07) is -2.36. The van der Waals surface area contributed by atoms with E-state index in [2.05, 4.69) is 134 Å². The van der Waals surface area contributed by atoms with Crippen molar-refractivity contribution in [3.8, 4) is 83.4 Å². The van der Waals surface area contributed by atoms with E-state index in [1.165, 1.54) is 64.7 Å². The van der Waals surface area contributed by atoms with Crippen LogP contribution in [0.3, 0.4) is 0 Å². The lowest BCUT2D eigenvalue weighted by Crippen LogP contribution is -2.66. The molecule has 2 amide bonds. The third-order valence-electron chi connectivity index (χ3n) is 16.5. The maximum absolute atomic E-state index is 14.6. The van der Waals surface area contributed by atoms with Gasteiger partial charge in [0.15, 0.2) is 18.7 Å². The van der Waals surface area contributed by atoms with Crippen LogP contribution < -0.4 is 10.6 Å². The maximum atomic E-state index is 14.6. The first-order valence-electron chi connectivity index (χ1n) is 36.8. The Balaban J connectivity index is 2.50. The number of methoxy groups -OCH3 is 2. The van der Waals surface area contributed by atoms with Crippen molar-refractivity contribution >= 4 is 31.4 Å². The van der Waals surface area contributed by atoms with Crippen LogP contribution in [0.1, 0.15) is 240 Å². The van der Waals surface area contributed by atoms with E-state index in [4.69, 9.17) is 57.9 Å². The van der Waals surface area contributed by atoms with Gasteiger partial charge in [0.05, 0.1) is 38.8 Å². The summed E-state index contributed by atoms with van der Waals surface area (Å²) < 4.78 is 83.0. The molecule has 19 nitrogen and oxygen atoms in total. The number of phosphoric acid groups is 1. The van der Waals surface area contributed by atoms with E-state index in [9.17, 15) is 28.8 Å². The molecule has 2 aliphatic rings. The highest BCUT2D eigenvalue weighted by Gasteiger charge is 2.53. The van der Waals surface area contributed by atoms with E-state index in [1.54, 1.807) is 7.11 Å². The molecule has 100 heavy (non-hydrogen) atoms. The Morgan fingerprint density at radius 2 is 1.11 bits per heavy atom. The first-order valence-corrected chi connectivity index (χ1v) is 38.2. The summed E-state index contributed by atoms with van der Waals surface area (Å²) in [6.07, 6.45) is 31.9. The first-order chi connectivity index (χ1) is 48.7. The molecular weight excluding hydrogens is 1290 g/mol. The fraction of sp³-hybridized carbons (Fsp3) is 0.700. The zero-order valence-electron chi connectivity index (χ0n) is 61.2. The second-order valence-electron chi connectivity index (χ2n) is 24.9. The van der Waals surface area contributed by atoms with Crippen molar-refractivity contribution in [2.45, 2.75) is 307 Å². The summed E-state index contributed by atoms with van der Waals surface area (Å²) >= 11 is 0. The van der Waals surface area contributed by atoms with Crippen LogP contribution in [0.25, 0.3) is 0 Å². The minimum atomic E-state index is -4.43. The van der Waals surface area contributed by atoms with Crippen LogP contribution in [0.2, 0.25) is 0 Å². The predicted molar refractivity (Wildman–Crippen MR) is 391 cm³/mol. The third kappa shape index (κ3) is 43.1. The number of aliphatic hydroxyl groups excluding tert-OH is 1. The first kappa shape index (κ1) is 90.1. The van der Waals surface area contributed by atoms with Crippen LogP contribution in [0.5, 0.6) is 0 Å². The standard InChI is InChI=1S/C80H119N2O17P/c1-10-16-20-24-27-30-32-34-35-37-39-41-43-47-51-57-71(85)81-74-78(92-63-58-68(90-9)55-50-45-23-19-13-4)76(99-100(88,94-59-14-5)95-60-15-6)70(65-89-8)98-80(74)93-62-53-56-69-75(96-66(7)83)77(91-61-52-48-44-29-26-22-18-12-3)73(79(87)97-69)82-72(86)64-67(84)54-49-46-42-40-38-36-33-31-28-25-21-17-11-2/h2,14-15,30,32,68-70,73-80,87H,5-6,10,12-13,16,18-20,22-24,26-27,29,34-35,37,39,41,43-48,50-53,55-65H2,1,3-4,7-9H3,(H,81,85)(H,82,86)/t68-,69-,70-,73?,74-,75-,76-,77-,78-,79?,80?/m1/s1. The average Bonchev–Trinajstić information content (AvgIpc) is 0.789. The number of Topliss-reactive ketones (excluding diaryl/α,β-unsaturated/α-hetero) is 1. The molecule has 0 bridgehead atoms. The number of hydrogen-bond acceptors (Lipinski definition) is 17. The summed E-state index contributed by atoms with van der Waals surface area (Å²) in [5.41, 5.74) is 0. The quantitative estimate of drug-likeness (QED) is 0.00977. The number of phosphoric ester groups is 1. The monoisotopic (exact) mass is 1410 g/mol. The molecule has 0 aromatic carbocycles. The van der Waals surface area contributed by atoms with Crippen LogP contribution in [0.15, 0.2) is 37.5 Å². The molecule has 2 rings (SSSR count). The number of ketones is 1. The van der Waals surface area contributed by atoms with Gasteiger partial charge in [-0.3, -0.25) is 32.7 Å². The van der Waals surface area contributed by atoms with Crippen LogP contribution in [-0.2, 0) is 75.2 Å². The van der Waals surface area contributed by atoms with E-state index in [1.807, 2.05) is 0 Å². The van der Waals surface area contributed by atoms with Gasteiger partial charge in [0.25, 0.3) is 0 Å². The van der Waals surface area contributed by atoms with Gasteiger partial charge in [-0.25, -0.2) is 4.57 Å². The van der Waals surface area contributed by atoms with Crippen LogP contribution in [-0.4, -0.2) is 150 Å². The zero-order chi connectivity index (χ0) is 73.0. The van der Waals surface area contributed by atoms with Crippen LogP contribution in [0.4, 0.5) is 0 Å². The van der Waals surface area contributed by atoms with Gasteiger partial charge in [0, 0.05) is 47.4 Å². The maximum Gasteiger partial charge on any atom is 0.475 e. The number of rotatable bonds is 56. The topological polar surface area (TPSA) is 231 Å². The number of aliphatic hydroxyl groups is 1. The van der Waals surface area contributed by atoms with Crippen molar-refractivity contribution in [3.63, 3.8) is 0 Å². The molecule has 0 radical (unpaired) electrons. The molecule has 2 saturated heterocycles. The minimum Gasteiger partial charge on any atom is -0.457 e. The van der Waals surface area contributed by atoms with Crippen molar-refractivity contribution in [2.75, 3.05) is 53.9 Å². The second-order valence-corrected chi connectivity index (χ2v) is 26.5. The Labute approximate surface area is 601 Å². The van der Waals surface area contributed by atoms with Gasteiger partial charge in [-0.1, -0.05) is 185 Å². The second kappa shape index (κ2) is 60.6. The highest BCUT2D eigenvalue weighted by Crippen LogP contribution is 2.52. The lowest BCUT2D eigenvalue weighted by molar-refractivity contribution is -0.278. The largest absolute Gasteiger partial charge is 0.475 e. The Morgan fingerprint density at radius 1 is 0.580 bits per heavy atom. The smallest absolute Gasteiger partial charge is 0.457 e. The number of nitrogens with one attached hydrogen (secondary N) is 2. The lowest BCUT2D eigenvalue weighted by Gasteiger charge is -2.46. The predicted octanol–water partition coefficient (Wildman–Crippen LogP) is 13.4. The van der Waals surface area contributed by atoms with Crippen molar-refractivity contribution in [2.24, 2.45) is 0 Å². The molecule has 0 aromatic rings. The normalized spacial score (nSPS) is 20.3. The molecule has 556 valence electrons. The fourth-order valence-corrected chi connectivity index (χ4v) is 12.7. The molecule has 2 heterocycles. The van der Waals surface area contributed by atoms with E-state index < -0.39 is 93.2 Å². The Kier molecular flexibility index (Phi) is 54.6. The van der Waals surface area contributed by atoms with E-state index in [0.717, 1.165) is 122 Å². The van der Waals surface area contributed by atoms with Gasteiger partial charge in [-0.2, -0.15) is 0 Å². The molecule has 3 unspecified atom stereocenters. The Hall–Kier alpha value is -5.99. The zero-order valence-corrected chi connectivity index (χ0v) is 62.0. The van der Waals surface area contributed by atoms with Gasteiger partial charge >= 0.3 is 13.8 Å². The van der Waals surface area contributed by atoms with E-state index in [0.29, 0.717) is 19.3 Å². The summed E-state index contributed by atoms with van der Waals surface area (Å²) in [6.45, 7) is 15.1. The SMILES string of the molecule is C#CC#CC#CC#CC#CC#CCC#CC(=O)CC(=O)NC1C(O)O[C@H](CCCOC2O[C@H](COC)[C@@H](OP(=O)(OCC=C)OCC=C)[C@H](OCC[C@@H](CCCCCCC)OC)[C@H]2NC(=O)CCCCCCCCCC=CCCCCCC)[C@@H](OC(C)=O)[C@@H]1OCCCCCCCCCC. The summed E-state index contributed by atoms with van der Waals surface area (Å²) in [5.74, 6) is 29.7. The number of allylic oxidation sites excluding steroid dienone is 2. The number of amides is 2.